The monoisotopic (exact) mass is 368 g/mol. The zero-order valence-electron chi connectivity index (χ0n) is 14.3. The number of carbonyl (C=O) groups is 1. The van der Waals surface area contributed by atoms with Crippen molar-refractivity contribution in [2.75, 3.05) is 18.4 Å². The summed E-state index contributed by atoms with van der Waals surface area (Å²) in [6, 6.07) is 3.54. The number of carbonyl (C=O) groups excluding carboxylic acids is 1. The molecule has 4 heterocycles. The summed E-state index contributed by atoms with van der Waals surface area (Å²) >= 11 is 1.46. The molecule has 0 aromatic carbocycles. The van der Waals surface area contributed by atoms with Gasteiger partial charge in [0.2, 0.25) is 0 Å². The van der Waals surface area contributed by atoms with Crippen LogP contribution in [0.3, 0.4) is 0 Å². The van der Waals surface area contributed by atoms with Crippen LogP contribution in [0.1, 0.15) is 35.3 Å². The second kappa shape index (κ2) is 7.76. The Morgan fingerprint density at radius 1 is 1.23 bits per heavy atom. The van der Waals surface area contributed by atoms with Crippen LogP contribution in [0.4, 0.5) is 5.13 Å². The summed E-state index contributed by atoms with van der Waals surface area (Å²) in [6.45, 7) is 3.12. The lowest BCUT2D eigenvalue weighted by molar-refractivity contribution is 0.102. The van der Waals surface area contributed by atoms with Crippen molar-refractivity contribution in [1.29, 1.82) is 0 Å². The third kappa shape index (κ3) is 3.97. The van der Waals surface area contributed by atoms with Gasteiger partial charge >= 0.3 is 0 Å². The largest absolute Gasteiger partial charge is 0.298 e. The van der Waals surface area contributed by atoms with Crippen molar-refractivity contribution in [3.63, 3.8) is 0 Å². The first-order valence-corrected chi connectivity index (χ1v) is 9.58. The van der Waals surface area contributed by atoms with Crippen molar-refractivity contribution < 1.29 is 4.79 Å². The Morgan fingerprint density at radius 2 is 2.12 bits per heavy atom. The molecule has 0 atom stereocenters. The topological polar surface area (TPSA) is 75.9 Å². The fraction of sp³-hybridized carbons (Fsp3) is 0.333. The smallest absolute Gasteiger partial charge is 0.259 e. The number of imidazole rings is 1. The quantitative estimate of drug-likeness (QED) is 0.749. The lowest BCUT2D eigenvalue weighted by atomic mass is 10.1. The van der Waals surface area contributed by atoms with Gasteiger partial charge < -0.3 is 0 Å². The number of nitrogens with one attached hydrogen (secondary N) is 1. The van der Waals surface area contributed by atoms with Gasteiger partial charge in [-0.05, 0) is 38.1 Å². The van der Waals surface area contributed by atoms with Gasteiger partial charge in [-0.1, -0.05) is 6.42 Å². The van der Waals surface area contributed by atoms with E-state index in [1.807, 2.05) is 11.6 Å². The molecule has 7 nitrogen and oxygen atoms in total. The van der Waals surface area contributed by atoms with Crippen LogP contribution in [0.2, 0.25) is 0 Å². The van der Waals surface area contributed by atoms with Crippen LogP contribution in [0.5, 0.6) is 0 Å². The van der Waals surface area contributed by atoms with Crippen molar-refractivity contribution in [1.82, 2.24) is 24.4 Å². The summed E-state index contributed by atoms with van der Waals surface area (Å²) in [5.74, 6) is 0.519. The molecule has 1 aliphatic rings. The zero-order valence-corrected chi connectivity index (χ0v) is 15.2. The highest BCUT2D eigenvalue weighted by Crippen LogP contribution is 2.19. The number of rotatable bonds is 5. The van der Waals surface area contributed by atoms with Crippen LogP contribution < -0.4 is 5.32 Å². The predicted octanol–water partition coefficient (Wildman–Crippen LogP) is 2.96. The van der Waals surface area contributed by atoms with Gasteiger partial charge in [-0.25, -0.2) is 15.0 Å². The number of nitrogens with zero attached hydrogens (tertiary/aromatic N) is 5. The molecule has 4 rings (SSSR count). The number of thiazole rings is 1. The zero-order chi connectivity index (χ0) is 17.8. The normalized spacial score (nSPS) is 15.1. The van der Waals surface area contributed by atoms with Gasteiger partial charge in [0.1, 0.15) is 12.1 Å². The van der Waals surface area contributed by atoms with Crippen molar-refractivity contribution in [3.8, 4) is 5.82 Å². The third-order valence-corrected chi connectivity index (χ3v) is 5.19. The molecule has 3 aromatic rings. The van der Waals surface area contributed by atoms with Crippen LogP contribution >= 0.6 is 11.3 Å². The number of hydrogen-bond donors (Lipinski definition) is 1. The number of anilines is 1. The lowest BCUT2D eigenvalue weighted by Crippen LogP contribution is -2.29. The maximum absolute atomic E-state index is 12.4. The highest BCUT2D eigenvalue weighted by molar-refractivity contribution is 7.13. The summed E-state index contributed by atoms with van der Waals surface area (Å²) in [7, 11) is 0. The van der Waals surface area contributed by atoms with Crippen LogP contribution in [-0.2, 0) is 6.54 Å². The fourth-order valence-corrected chi connectivity index (χ4v) is 3.72. The van der Waals surface area contributed by atoms with E-state index in [4.69, 9.17) is 0 Å². The highest BCUT2D eigenvalue weighted by atomic mass is 32.1. The Hall–Kier alpha value is -2.58. The van der Waals surface area contributed by atoms with Gasteiger partial charge in [0.25, 0.3) is 5.91 Å². The van der Waals surface area contributed by atoms with Gasteiger partial charge in [0.15, 0.2) is 5.13 Å². The maximum atomic E-state index is 12.4. The van der Waals surface area contributed by atoms with E-state index in [9.17, 15) is 4.79 Å². The van der Waals surface area contributed by atoms with E-state index >= 15 is 0 Å². The molecule has 0 radical (unpaired) electrons. The summed E-state index contributed by atoms with van der Waals surface area (Å²) in [5, 5.41) is 5.50. The predicted molar refractivity (Wildman–Crippen MR) is 101 cm³/mol. The Kier molecular flexibility index (Phi) is 5.03. The first-order valence-electron chi connectivity index (χ1n) is 8.70. The lowest BCUT2D eigenvalue weighted by Gasteiger charge is -2.25. The average molecular weight is 368 g/mol. The molecular weight excluding hydrogens is 348 g/mol. The second-order valence-corrected chi connectivity index (χ2v) is 7.17. The Morgan fingerprint density at radius 3 is 2.85 bits per heavy atom. The maximum Gasteiger partial charge on any atom is 0.259 e. The van der Waals surface area contributed by atoms with Crippen LogP contribution in [-0.4, -0.2) is 43.4 Å². The van der Waals surface area contributed by atoms with Crippen LogP contribution in [0.25, 0.3) is 5.82 Å². The molecule has 0 unspecified atom stereocenters. The van der Waals surface area contributed by atoms with Crippen molar-refractivity contribution in [2.45, 2.75) is 25.8 Å². The van der Waals surface area contributed by atoms with E-state index in [1.54, 1.807) is 35.4 Å². The van der Waals surface area contributed by atoms with Crippen LogP contribution in [0.15, 0.2) is 42.4 Å². The Balaban J connectivity index is 1.37. The molecule has 0 saturated carbocycles. The molecule has 1 N–H and O–H groups in total. The van der Waals surface area contributed by atoms with Gasteiger partial charge in [-0.3, -0.25) is 19.6 Å². The fourth-order valence-electron chi connectivity index (χ4n) is 3.02. The molecule has 8 heteroatoms. The van der Waals surface area contributed by atoms with Crippen molar-refractivity contribution in [2.24, 2.45) is 0 Å². The Labute approximate surface area is 155 Å². The van der Waals surface area contributed by atoms with E-state index < -0.39 is 0 Å². The molecule has 0 bridgehead atoms. The van der Waals surface area contributed by atoms with Gasteiger partial charge in [-0.2, -0.15) is 0 Å². The summed E-state index contributed by atoms with van der Waals surface area (Å²) in [4.78, 5) is 27.7. The number of pyridine rings is 1. The first-order chi connectivity index (χ1) is 12.8. The van der Waals surface area contributed by atoms with E-state index in [1.165, 1.54) is 30.6 Å². The number of amides is 1. The van der Waals surface area contributed by atoms with Gasteiger partial charge in [-0.15, -0.1) is 11.3 Å². The molecule has 1 fully saturated rings. The van der Waals surface area contributed by atoms with E-state index in [-0.39, 0.29) is 5.91 Å². The third-order valence-electron chi connectivity index (χ3n) is 4.39. The van der Waals surface area contributed by atoms with E-state index in [0.717, 1.165) is 31.1 Å². The first kappa shape index (κ1) is 16.9. The Bertz CT molecular complexity index is 852. The number of likely N-dealkylation sites (tertiary alicyclic amines) is 1. The summed E-state index contributed by atoms with van der Waals surface area (Å²) < 4.78 is 1.79. The molecule has 0 spiro atoms. The van der Waals surface area contributed by atoms with Crippen molar-refractivity contribution >= 4 is 22.4 Å². The van der Waals surface area contributed by atoms with Gasteiger partial charge in [0, 0.05) is 30.5 Å². The number of hydrogen-bond acceptors (Lipinski definition) is 6. The molecular formula is C18H20N6OS. The molecule has 0 aliphatic carbocycles. The highest BCUT2D eigenvalue weighted by Gasteiger charge is 2.14. The van der Waals surface area contributed by atoms with E-state index in [2.05, 4.69) is 25.2 Å². The number of aromatic nitrogens is 4. The summed E-state index contributed by atoms with van der Waals surface area (Å²) in [6.07, 6.45) is 10.6. The van der Waals surface area contributed by atoms with Crippen molar-refractivity contribution in [3.05, 3.63) is 53.7 Å². The second-order valence-electron chi connectivity index (χ2n) is 6.31. The van der Waals surface area contributed by atoms with Crippen LogP contribution in [0, 0.1) is 0 Å². The molecule has 1 amide bonds. The molecule has 3 aromatic heterocycles. The summed E-state index contributed by atoms with van der Waals surface area (Å²) in [5.41, 5.74) is 1.52. The minimum absolute atomic E-state index is 0.200. The molecule has 1 saturated heterocycles. The minimum atomic E-state index is -0.200. The standard InChI is InChI=1S/C18H20N6OS/c25-17(14-4-5-16(20-10-14)24-9-6-19-13-24)22-18-21-15(12-26-18)11-23-7-2-1-3-8-23/h4-6,9-10,12-13H,1-3,7-8,11H2,(H,21,22,25). The SMILES string of the molecule is O=C(Nc1nc(CN2CCCCC2)cs1)c1ccc(-n2ccnc2)nc1. The minimum Gasteiger partial charge on any atom is -0.298 e. The number of piperidine rings is 1. The molecule has 26 heavy (non-hydrogen) atoms. The average Bonchev–Trinajstić information content (AvgIpc) is 3.35. The molecule has 1 aliphatic heterocycles. The van der Waals surface area contributed by atoms with E-state index in [0.29, 0.717) is 10.7 Å². The van der Waals surface area contributed by atoms with Gasteiger partial charge in [0.05, 0.1) is 11.3 Å². The molecule has 134 valence electrons.